The predicted molar refractivity (Wildman–Crippen MR) is 233 cm³/mol. The summed E-state index contributed by atoms with van der Waals surface area (Å²) in [7, 11) is 1.55. The van der Waals surface area contributed by atoms with Crippen LogP contribution in [0, 0.1) is 5.92 Å². The molecule has 1 spiro atoms. The van der Waals surface area contributed by atoms with Crippen LogP contribution in [0.1, 0.15) is 54.0 Å². The lowest BCUT2D eigenvalue weighted by molar-refractivity contribution is -0.295. The summed E-state index contributed by atoms with van der Waals surface area (Å²) in [6.07, 6.45) is 0.134. The number of ether oxygens (including phenoxy) is 7. The molecule has 5 aromatic carbocycles. The highest BCUT2D eigenvalue weighted by molar-refractivity contribution is 5.87. The molecule has 2 heterocycles. The van der Waals surface area contributed by atoms with Gasteiger partial charge in [0.2, 0.25) is 5.60 Å². The van der Waals surface area contributed by atoms with Crippen molar-refractivity contribution in [2.24, 2.45) is 5.92 Å². The first-order valence-corrected chi connectivity index (χ1v) is 21.2. The number of methoxy groups -OCH3 is 1. The highest BCUT2D eigenvalue weighted by atomic mass is 16.8. The zero-order valence-electron chi connectivity index (χ0n) is 35.2. The van der Waals surface area contributed by atoms with E-state index in [2.05, 4.69) is 49.9 Å². The number of esters is 1. The van der Waals surface area contributed by atoms with Gasteiger partial charge in [-0.25, -0.2) is 4.79 Å². The highest BCUT2D eigenvalue weighted by Gasteiger charge is 2.81. The number of benzene rings is 5. The molecule has 0 saturated carbocycles. The minimum Gasteiger partial charge on any atom is -0.453 e. The molecule has 2 fully saturated rings. The fourth-order valence-electron chi connectivity index (χ4n) is 8.71. The van der Waals surface area contributed by atoms with Crippen LogP contribution in [0.2, 0.25) is 0 Å². The Morgan fingerprint density at radius 2 is 1.16 bits per heavy atom. The molecule has 2 aliphatic rings. The normalized spacial score (nSPS) is 25.6. The molecule has 8 atom stereocenters. The Balaban J connectivity index is 1.23. The molecule has 320 valence electrons. The summed E-state index contributed by atoms with van der Waals surface area (Å²) in [5.74, 6) is -2.24. The molecule has 9 nitrogen and oxygen atoms in total. The van der Waals surface area contributed by atoms with Crippen molar-refractivity contribution in [2.45, 2.75) is 100 Å². The van der Waals surface area contributed by atoms with E-state index in [0.29, 0.717) is 19.4 Å². The van der Waals surface area contributed by atoms with Crippen molar-refractivity contribution in [3.05, 3.63) is 192 Å². The van der Waals surface area contributed by atoms with E-state index in [1.807, 2.05) is 115 Å². The van der Waals surface area contributed by atoms with Crippen LogP contribution in [0.4, 0.5) is 0 Å². The molecule has 9 heteroatoms. The molecular weight excluding hydrogens is 769 g/mol. The maximum atomic E-state index is 14.7. The van der Waals surface area contributed by atoms with Gasteiger partial charge < -0.3 is 38.3 Å². The first-order valence-electron chi connectivity index (χ1n) is 21.2. The monoisotopic (exact) mass is 826 g/mol. The highest BCUT2D eigenvalue weighted by Crippen LogP contribution is 2.55. The van der Waals surface area contributed by atoms with Crippen molar-refractivity contribution in [1.82, 2.24) is 0 Å². The van der Waals surface area contributed by atoms with Crippen LogP contribution in [0.25, 0.3) is 0 Å². The summed E-state index contributed by atoms with van der Waals surface area (Å²) < 4.78 is 46.2. The van der Waals surface area contributed by atoms with Gasteiger partial charge in [-0.15, -0.1) is 0 Å². The smallest absolute Gasteiger partial charge is 0.345 e. The third-order valence-electron chi connectivity index (χ3n) is 12.0. The van der Waals surface area contributed by atoms with E-state index in [0.717, 1.165) is 28.7 Å². The molecule has 0 aromatic heterocycles. The van der Waals surface area contributed by atoms with E-state index in [1.54, 1.807) is 7.11 Å². The Labute approximate surface area is 360 Å². The maximum Gasteiger partial charge on any atom is 0.345 e. The van der Waals surface area contributed by atoms with Crippen LogP contribution in [0.3, 0.4) is 0 Å². The Hall–Kier alpha value is -4.97. The summed E-state index contributed by atoms with van der Waals surface area (Å²) in [5, 5.41) is 13.1. The fourth-order valence-corrected chi connectivity index (χ4v) is 8.71. The predicted octanol–water partition coefficient (Wildman–Crippen LogP) is 8.96. The second-order valence-corrected chi connectivity index (χ2v) is 16.1. The van der Waals surface area contributed by atoms with Gasteiger partial charge in [0.15, 0.2) is 17.5 Å². The van der Waals surface area contributed by atoms with Gasteiger partial charge in [0.25, 0.3) is 0 Å². The summed E-state index contributed by atoms with van der Waals surface area (Å²) in [6, 6.07) is 49.6. The lowest BCUT2D eigenvalue weighted by Crippen LogP contribution is -2.66. The average Bonchev–Trinajstić information content (AvgIpc) is 3.70. The van der Waals surface area contributed by atoms with E-state index in [1.165, 1.54) is 11.6 Å². The Kier molecular flexibility index (Phi) is 15.0. The number of carbonyl (C=O) groups excluding carboxylic acids is 1. The molecule has 0 bridgehead atoms. The van der Waals surface area contributed by atoms with Crippen molar-refractivity contribution in [3.63, 3.8) is 0 Å². The third kappa shape index (κ3) is 10.1. The number of hydrogen-bond donors (Lipinski definition) is 1. The molecular formula is C52H58O9. The van der Waals surface area contributed by atoms with E-state index in [4.69, 9.17) is 33.2 Å². The molecule has 7 rings (SSSR count). The fraction of sp³-hybridized carbons (Fsp3) is 0.365. The number of hydrogen-bond acceptors (Lipinski definition) is 9. The van der Waals surface area contributed by atoms with Gasteiger partial charge in [-0.05, 0) is 59.1 Å². The van der Waals surface area contributed by atoms with Crippen LogP contribution in [0.15, 0.2) is 164 Å². The number of aliphatic hydroxyl groups is 1. The summed E-state index contributed by atoms with van der Waals surface area (Å²) in [6.45, 7) is 6.70. The minimum absolute atomic E-state index is 0.0843. The van der Waals surface area contributed by atoms with E-state index in [9.17, 15) is 9.90 Å². The second-order valence-electron chi connectivity index (χ2n) is 16.1. The SMILES string of the molecule is C=C[C@H]1OC(=O)[C@]2(O[C@](CCC[C@@H](OCc3ccccc3)[C@H](C)Cc3ccccc3)(OC)[C@H](OCc3ccccc3)[C@H]2OCc2ccccc2)[C@]1(O)COCc1ccccc1. The van der Waals surface area contributed by atoms with Crippen LogP contribution < -0.4 is 0 Å². The first kappa shape index (κ1) is 44.1. The van der Waals surface area contributed by atoms with Crippen molar-refractivity contribution in [1.29, 1.82) is 0 Å². The molecule has 61 heavy (non-hydrogen) atoms. The van der Waals surface area contributed by atoms with Gasteiger partial charge >= 0.3 is 5.97 Å². The van der Waals surface area contributed by atoms with E-state index >= 15 is 0 Å². The molecule has 0 amide bonds. The number of cyclic esters (lactones) is 1. The first-order chi connectivity index (χ1) is 29.8. The largest absolute Gasteiger partial charge is 0.453 e. The van der Waals surface area contributed by atoms with Gasteiger partial charge in [-0.2, -0.15) is 0 Å². The summed E-state index contributed by atoms with van der Waals surface area (Å²) >= 11 is 0. The standard InChI is InChI=1S/C52H58O9/c1-4-46-50(54,38-56-34-41-23-12-6-13-24-41)52(49(53)60-46)48(59-37-44-29-18-9-19-30-44)47(58-36-43-27-16-8-17-28-43)51(55-3,61-52)32-20-31-45(57-35-42-25-14-7-15-26-42)39(2)33-40-21-10-5-11-22-40/h4-19,21-30,39,45-48,54H,1,20,31-38H2,2-3H3/t39-,45-,46-,47-,48-,50+,51+,52+/m1/s1. The Bertz CT molecular complexity index is 2090. The van der Waals surface area contributed by atoms with Crippen LogP contribution in [-0.4, -0.2) is 66.2 Å². The zero-order valence-corrected chi connectivity index (χ0v) is 35.2. The van der Waals surface area contributed by atoms with Gasteiger partial charge in [-0.3, -0.25) is 0 Å². The zero-order chi connectivity index (χ0) is 42.5. The van der Waals surface area contributed by atoms with Gasteiger partial charge in [-0.1, -0.05) is 165 Å². The second kappa shape index (κ2) is 20.7. The molecule has 0 unspecified atom stereocenters. The van der Waals surface area contributed by atoms with E-state index < -0.39 is 41.3 Å². The lowest BCUT2D eigenvalue weighted by atomic mass is 9.76. The van der Waals surface area contributed by atoms with Crippen molar-refractivity contribution < 1.29 is 43.1 Å². The van der Waals surface area contributed by atoms with Gasteiger partial charge in [0.1, 0.15) is 12.2 Å². The lowest BCUT2D eigenvalue weighted by Gasteiger charge is -2.40. The van der Waals surface area contributed by atoms with Crippen LogP contribution in [0.5, 0.6) is 0 Å². The molecule has 1 N–H and O–H groups in total. The Morgan fingerprint density at radius 3 is 1.67 bits per heavy atom. The van der Waals surface area contributed by atoms with E-state index in [-0.39, 0.29) is 44.9 Å². The third-order valence-corrected chi connectivity index (χ3v) is 12.0. The molecule has 0 aliphatic carbocycles. The van der Waals surface area contributed by atoms with Crippen LogP contribution >= 0.6 is 0 Å². The topological polar surface area (TPSA) is 102 Å². The quantitative estimate of drug-likeness (QED) is 0.0542. The van der Waals surface area contributed by atoms with Crippen molar-refractivity contribution in [2.75, 3.05) is 13.7 Å². The molecule has 0 radical (unpaired) electrons. The molecule has 5 aromatic rings. The number of rotatable bonds is 22. The van der Waals surface area contributed by atoms with Crippen molar-refractivity contribution in [3.8, 4) is 0 Å². The summed E-state index contributed by atoms with van der Waals surface area (Å²) in [5.41, 5.74) is 0.712. The number of carbonyl (C=O) groups is 1. The van der Waals surface area contributed by atoms with Gasteiger partial charge in [0, 0.05) is 13.5 Å². The molecule has 2 aliphatic heterocycles. The molecule has 2 saturated heterocycles. The van der Waals surface area contributed by atoms with Crippen LogP contribution in [-0.2, 0) is 70.8 Å². The Morgan fingerprint density at radius 1 is 0.689 bits per heavy atom. The maximum absolute atomic E-state index is 14.7. The van der Waals surface area contributed by atoms with Gasteiger partial charge in [0.05, 0.1) is 39.1 Å². The minimum atomic E-state index is -2.15. The summed E-state index contributed by atoms with van der Waals surface area (Å²) in [4.78, 5) is 14.7. The van der Waals surface area contributed by atoms with Crippen molar-refractivity contribution >= 4 is 5.97 Å². The average molecular weight is 827 g/mol.